The molecule has 0 unspecified atom stereocenters. The Morgan fingerprint density at radius 2 is 2.21 bits per heavy atom. The number of carbonyl (C=O) groups excluding carboxylic acids is 2. The number of ketones is 1. The molecule has 0 amide bonds. The molecular formula is C10H14O3S. The van der Waals surface area contributed by atoms with Crippen LogP contribution in [0.4, 0.5) is 0 Å². The van der Waals surface area contributed by atoms with Gasteiger partial charge in [0.1, 0.15) is 0 Å². The van der Waals surface area contributed by atoms with Gasteiger partial charge in [-0.2, -0.15) is 0 Å². The van der Waals surface area contributed by atoms with E-state index in [9.17, 15) is 9.59 Å². The molecule has 0 spiro atoms. The Balaban J connectivity index is 2.54. The number of hydrogen-bond acceptors (Lipinski definition) is 4. The number of ether oxygens (including phenoxy) is 1. The summed E-state index contributed by atoms with van der Waals surface area (Å²) >= 11 is 1.43. The first-order valence-corrected chi connectivity index (χ1v) is 5.56. The Hall–Kier alpha value is -0.770. The van der Waals surface area contributed by atoms with Crippen molar-refractivity contribution in [2.75, 3.05) is 12.9 Å². The second-order valence-corrected chi connectivity index (χ2v) is 4.26. The van der Waals surface area contributed by atoms with Crippen molar-refractivity contribution < 1.29 is 14.3 Å². The molecule has 14 heavy (non-hydrogen) atoms. The van der Waals surface area contributed by atoms with Crippen LogP contribution >= 0.6 is 11.8 Å². The summed E-state index contributed by atoms with van der Waals surface area (Å²) in [5.41, 5.74) is 0.824. The summed E-state index contributed by atoms with van der Waals surface area (Å²) in [6.07, 6.45) is 2.47. The molecule has 78 valence electrons. The summed E-state index contributed by atoms with van der Waals surface area (Å²) in [6.45, 7) is 1.83. The minimum absolute atomic E-state index is 0.212. The van der Waals surface area contributed by atoms with E-state index in [-0.39, 0.29) is 11.8 Å². The number of methoxy groups -OCH3 is 1. The van der Waals surface area contributed by atoms with Gasteiger partial charge in [0.05, 0.1) is 12.9 Å². The minimum atomic E-state index is -0.242. The molecule has 0 radical (unpaired) electrons. The van der Waals surface area contributed by atoms with E-state index < -0.39 is 0 Å². The van der Waals surface area contributed by atoms with E-state index in [1.807, 2.05) is 6.92 Å². The average molecular weight is 214 g/mol. The lowest BCUT2D eigenvalue weighted by Crippen LogP contribution is -2.10. The normalized spacial score (nSPS) is 17.1. The maximum Gasteiger partial charge on any atom is 0.315 e. The molecule has 3 nitrogen and oxygen atoms in total. The van der Waals surface area contributed by atoms with Gasteiger partial charge in [-0.25, -0.2) is 0 Å². The molecule has 0 aromatic heterocycles. The fourth-order valence-corrected chi connectivity index (χ4v) is 2.35. The van der Waals surface area contributed by atoms with Crippen LogP contribution in [0.5, 0.6) is 0 Å². The molecule has 0 saturated heterocycles. The van der Waals surface area contributed by atoms with Gasteiger partial charge in [-0.3, -0.25) is 9.59 Å². The topological polar surface area (TPSA) is 43.4 Å². The predicted molar refractivity (Wildman–Crippen MR) is 56.0 cm³/mol. The van der Waals surface area contributed by atoms with E-state index >= 15 is 0 Å². The lowest BCUT2D eigenvalue weighted by Gasteiger charge is -2.15. The third-order valence-corrected chi connectivity index (χ3v) is 3.47. The van der Waals surface area contributed by atoms with Gasteiger partial charge < -0.3 is 4.74 Å². The number of rotatable bonds is 3. The molecule has 0 aliphatic heterocycles. The van der Waals surface area contributed by atoms with Gasteiger partial charge in [-0.1, -0.05) is 0 Å². The molecular weight excluding hydrogens is 200 g/mol. The van der Waals surface area contributed by atoms with Crippen molar-refractivity contribution in [2.24, 2.45) is 0 Å². The molecule has 0 aromatic rings. The maximum absolute atomic E-state index is 11.3. The van der Waals surface area contributed by atoms with Gasteiger partial charge in [-0.05, 0) is 24.7 Å². The Bertz CT molecular complexity index is 281. The zero-order chi connectivity index (χ0) is 10.6. The van der Waals surface area contributed by atoms with Crippen molar-refractivity contribution >= 4 is 23.5 Å². The first kappa shape index (κ1) is 11.3. The van der Waals surface area contributed by atoms with Crippen molar-refractivity contribution in [1.29, 1.82) is 0 Å². The van der Waals surface area contributed by atoms with Gasteiger partial charge in [0.2, 0.25) is 0 Å². The second-order valence-electron chi connectivity index (χ2n) is 3.19. The Labute approximate surface area is 87.9 Å². The average Bonchev–Trinajstić information content (AvgIpc) is 2.20. The summed E-state index contributed by atoms with van der Waals surface area (Å²) in [7, 11) is 1.37. The quantitative estimate of drug-likeness (QED) is 0.673. The molecule has 4 heteroatoms. The molecule has 1 rings (SSSR count). The minimum Gasteiger partial charge on any atom is -0.468 e. The standard InChI is InChI=1S/C10H14O3S/c1-7-8(11)4-3-5-9(7)14-6-10(12)13-2/h3-6H2,1-2H3. The van der Waals surface area contributed by atoms with Gasteiger partial charge in [0, 0.05) is 12.0 Å². The zero-order valence-electron chi connectivity index (χ0n) is 8.46. The number of allylic oxidation sites excluding steroid dienone is 2. The molecule has 0 saturated carbocycles. The van der Waals surface area contributed by atoms with Crippen LogP contribution in [0, 0.1) is 0 Å². The van der Waals surface area contributed by atoms with E-state index in [0.717, 1.165) is 23.3 Å². The molecule has 0 N–H and O–H groups in total. The monoisotopic (exact) mass is 214 g/mol. The Morgan fingerprint density at radius 3 is 2.86 bits per heavy atom. The van der Waals surface area contributed by atoms with Gasteiger partial charge in [-0.15, -0.1) is 11.8 Å². The van der Waals surface area contributed by atoms with Crippen molar-refractivity contribution in [1.82, 2.24) is 0 Å². The van der Waals surface area contributed by atoms with E-state index in [4.69, 9.17) is 0 Å². The zero-order valence-corrected chi connectivity index (χ0v) is 9.28. The third kappa shape index (κ3) is 2.87. The van der Waals surface area contributed by atoms with Crippen molar-refractivity contribution in [3.63, 3.8) is 0 Å². The highest BCUT2D eigenvalue weighted by Gasteiger charge is 2.17. The van der Waals surface area contributed by atoms with Gasteiger partial charge in [0.15, 0.2) is 5.78 Å². The van der Waals surface area contributed by atoms with Crippen LogP contribution in [0.1, 0.15) is 26.2 Å². The van der Waals surface area contributed by atoms with E-state index in [2.05, 4.69) is 4.74 Å². The first-order chi connectivity index (χ1) is 6.65. The summed E-state index contributed by atoms with van der Waals surface area (Å²) in [4.78, 5) is 23.3. The SMILES string of the molecule is COC(=O)CSC1=C(C)C(=O)CCC1. The number of thioether (sulfide) groups is 1. The van der Waals surface area contributed by atoms with Crippen LogP contribution in [0.2, 0.25) is 0 Å². The molecule has 0 heterocycles. The number of hydrogen-bond donors (Lipinski definition) is 0. The predicted octanol–water partition coefficient (Wildman–Crippen LogP) is 1.92. The van der Waals surface area contributed by atoms with Crippen LogP contribution in [-0.4, -0.2) is 24.6 Å². The van der Waals surface area contributed by atoms with Crippen LogP contribution in [0.25, 0.3) is 0 Å². The van der Waals surface area contributed by atoms with E-state index in [1.54, 1.807) is 0 Å². The Morgan fingerprint density at radius 1 is 1.50 bits per heavy atom. The summed E-state index contributed by atoms with van der Waals surface area (Å²) < 4.78 is 4.54. The van der Waals surface area contributed by atoms with Crippen LogP contribution in [0.3, 0.4) is 0 Å². The highest BCUT2D eigenvalue weighted by atomic mass is 32.2. The van der Waals surface area contributed by atoms with Crippen molar-refractivity contribution in [2.45, 2.75) is 26.2 Å². The molecule has 0 atom stereocenters. The second kappa shape index (κ2) is 5.20. The van der Waals surface area contributed by atoms with Crippen molar-refractivity contribution in [3.05, 3.63) is 10.5 Å². The third-order valence-electron chi connectivity index (χ3n) is 2.24. The summed E-state index contributed by atoms with van der Waals surface area (Å²) in [5.74, 6) is 0.271. The van der Waals surface area contributed by atoms with Gasteiger partial charge in [0.25, 0.3) is 0 Å². The largest absolute Gasteiger partial charge is 0.468 e. The molecule has 0 aromatic carbocycles. The van der Waals surface area contributed by atoms with Crippen LogP contribution in [0.15, 0.2) is 10.5 Å². The van der Waals surface area contributed by atoms with E-state index in [0.29, 0.717) is 12.2 Å². The summed E-state index contributed by atoms with van der Waals surface area (Å²) in [5, 5.41) is 0. The highest BCUT2D eigenvalue weighted by Crippen LogP contribution is 2.30. The number of carbonyl (C=O) groups is 2. The molecule has 0 fully saturated rings. The highest BCUT2D eigenvalue weighted by molar-refractivity contribution is 8.03. The number of Topliss-reactive ketones (excluding diaryl/α,β-unsaturated/α-hetero) is 1. The van der Waals surface area contributed by atoms with Gasteiger partial charge >= 0.3 is 5.97 Å². The van der Waals surface area contributed by atoms with Crippen LogP contribution < -0.4 is 0 Å². The van der Waals surface area contributed by atoms with Crippen molar-refractivity contribution in [3.8, 4) is 0 Å². The summed E-state index contributed by atoms with van der Waals surface area (Å²) in [6, 6.07) is 0. The number of esters is 1. The Kier molecular flexibility index (Phi) is 4.20. The molecule has 0 bridgehead atoms. The van der Waals surface area contributed by atoms with Crippen LogP contribution in [-0.2, 0) is 14.3 Å². The fraction of sp³-hybridized carbons (Fsp3) is 0.600. The lowest BCUT2D eigenvalue weighted by atomic mass is 9.99. The molecule has 1 aliphatic rings. The fourth-order valence-electron chi connectivity index (χ4n) is 1.33. The molecule has 1 aliphatic carbocycles. The maximum atomic E-state index is 11.3. The van der Waals surface area contributed by atoms with E-state index in [1.165, 1.54) is 18.9 Å². The smallest absolute Gasteiger partial charge is 0.315 e. The lowest BCUT2D eigenvalue weighted by molar-refractivity contribution is -0.137. The first-order valence-electron chi connectivity index (χ1n) is 4.57.